The Labute approximate surface area is 166 Å². The monoisotopic (exact) mass is 390 g/mol. The third-order valence-electron chi connectivity index (χ3n) is 5.34. The lowest BCUT2D eigenvalue weighted by atomic mass is 9.95. The third-order valence-corrected chi connectivity index (χ3v) is 6.34. The molecule has 5 rings (SSSR count). The second-order valence-corrected chi connectivity index (χ2v) is 7.94. The van der Waals surface area contributed by atoms with Gasteiger partial charge in [-0.25, -0.2) is 4.90 Å². The fourth-order valence-corrected chi connectivity index (χ4v) is 5.12. The van der Waals surface area contributed by atoms with Crippen LogP contribution in [0.5, 0.6) is 0 Å². The minimum Gasteiger partial charge on any atom is -0.284 e. The number of hydrogen-bond acceptors (Lipinski definition) is 5. The van der Waals surface area contributed by atoms with Crippen molar-refractivity contribution in [2.24, 2.45) is 5.92 Å². The number of hydroxylamine groups is 2. The Morgan fingerprint density at radius 1 is 0.893 bits per heavy atom. The molecule has 0 radical (unpaired) electrons. The van der Waals surface area contributed by atoms with Crippen LogP contribution in [0, 0.1) is 5.92 Å². The largest absolute Gasteiger partial charge is 0.284 e. The van der Waals surface area contributed by atoms with Crippen molar-refractivity contribution in [3.05, 3.63) is 77.0 Å². The standard InChI is InChI=1S/C22H18N2O3S/c1-23-19(17-12-15(13-28-17)14-8-4-2-5-9-14)18-20(27-23)22(26)24(21(18)25)16-10-6-3-7-11-16/h2-13,18-20H,1H3/t18-,19-,20+/m1/s1. The van der Waals surface area contributed by atoms with Crippen LogP contribution in [0.2, 0.25) is 0 Å². The highest BCUT2D eigenvalue weighted by atomic mass is 32.1. The molecule has 2 aliphatic heterocycles. The summed E-state index contributed by atoms with van der Waals surface area (Å²) in [5.74, 6) is -1.04. The van der Waals surface area contributed by atoms with E-state index in [9.17, 15) is 9.59 Å². The summed E-state index contributed by atoms with van der Waals surface area (Å²) in [6.45, 7) is 0. The number of thiophene rings is 1. The van der Waals surface area contributed by atoms with E-state index in [0.29, 0.717) is 5.69 Å². The average molecular weight is 390 g/mol. The molecule has 2 amide bonds. The van der Waals surface area contributed by atoms with Crippen LogP contribution in [0.15, 0.2) is 72.1 Å². The predicted molar refractivity (Wildman–Crippen MR) is 108 cm³/mol. The summed E-state index contributed by atoms with van der Waals surface area (Å²) in [6.07, 6.45) is -0.773. The maximum Gasteiger partial charge on any atom is 0.265 e. The fraction of sp³-hybridized carbons (Fsp3) is 0.182. The molecule has 28 heavy (non-hydrogen) atoms. The predicted octanol–water partition coefficient (Wildman–Crippen LogP) is 3.89. The van der Waals surface area contributed by atoms with Gasteiger partial charge in [0.15, 0.2) is 6.10 Å². The molecule has 0 aliphatic carbocycles. The Balaban J connectivity index is 1.49. The van der Waals surface area contributed by atoms with Crippen molar-refractivity contribution < 1.29 is 14.4 Å². The number of amides is 2. The van der Waals surface area contributed by atoms with Gasteiger partial charge >= 0.3 is 0 Å². The molecule has 5 nitrogen and oxygen atoms in total. The van der Waals surface area contributed by atoms with Gasteiger partial charge in [-0.15, -0.1) is 11.3 Å². The first-order valence-electron chi connectivity index (χ1n) is 9.11. The van der Waals surface area contributed by atoms with Gasteiger partial charge in [0.25, 0.3) is 5.91 Å². The molecule has 2 aliphatic rings. The number of anilines is 1. The molecule has 2 aromatic carbocycles. The Hall–Kier alpha value is -2.80. The van der Waals surface area contributed by atoms with Crippen LogP contribution in [0.4, 0.5) is 5.69 Å². The highest BCUT2D eigenvalue weighted by molar-refractivity contribution is 7.10. The van der Waals surface area contributed by atoms with Crippen LogP contribution in [0.25, 0.3) is 11.1 Å². The molecule has 3 aromatic rings. The molecule has 3 atom stereocenters. The molecule has 0 N–H and O–H groups in total. The van der Waals surface area contributed by atoms with Crippen molar-refractivity contribution in [3.8, 4) is 11.1 Å². The summed E-state index contributed by atoms with van der Waals surface area (Å²) in [5, 5.41) is 3.75. The summed E-state index contributed by atoms with van der Waals surface area (Å²) < 4.78 is 0. The maximum atomic E-state index is 13.2. The summed E-state index contributed by atoms with van der Waals surface area (Å²) >= 11 is 1.59. The first kappa shape index (κ1) is 17.3. The second kappa shape index (κ2) is 6.67. The van der Waals surface area contributed by atoms with Crippen molar-refractivity contribution in [2.45, 2.75) is 12.1 Å². The zero-order valence-corrected chi connectivity index (χ0v) is 16.0. The van der Waals surface area contributed by atoms with Gasteiger partial charge in [0.05, 0.1) is 17.6 Å². The van der Waals surface area contributed by atoms with E-state index in [1.54, 1.807) is 35.6 Å². The molecule has 2 fully saturated rings. The normalized spacial score (nSPS) is 24.8. The fourth-order valence-electron chi connectivity index (χ4n) is 4.03. The number of carbonyl (C=O) groups is 2. The molecule has 3 heterocycles. The molecule has 0 spiro atoms. The lowest BCUT2D eigenvalue weighted by Gasteiger charge is -2.23. The quantitative estimate of drug-likeness (QED) is 0.637. The summed E-state index contributed by atoms with van der Waals surface area (Å²) in [4.78, 5) is 34.2. The first-order chi connectivity index (χ1) is 13.6. The lowest BCUT2D eigenvalue weighted by Crippen LogP contribution is -2.36. The Morgan fingerprint density at radius 3 is 2.29 bits per heavy atom. The summed E-state index contributed by atoms with van der Waals surface area (Å²) in [6, 6.07) is 21.0. The number of imide groups is 1. The van der Waals surface area contributed by atoms with Crippen molar-refractivity contribution in [3.63, 3.8) is 0 Å². The number of rotatable bonds is 3. The van der Waals surface area contributed by atoms with Gasteiger partial charge in [-0.1, -0.05) is 48.5 Å². The maximum absolute atomic E-state index is 13.2. The van der Waals surface area contributed by atoms with Crippen LogP contribution in [0.1, 0.15) is 10.9 Å². The van der Waals surface area contributed by atoms with E-state index in [1.807, 2.05) is 36.4 Å². The van der Waals surface area contributed by atoms with E-state index in [4.69, 9.17) is 4.84 Å². The molecule has 2 saturated heterocycles. The van der Waals surface area contributed by atoms with Gasteiger partial charge in [-0.05, 0) is 34.7 Å². The van der Waals surface area contributed by atoms with E-state index in [2.05, 4.69) is 23.6 Å². The van der Waals surface area contributed by atoms with Crippen LogP contribution >= 0.6 is 11.3 Å². The van der Waals surface area contributed by atoms with Crippen LogP contribution in [-0.4, -0.2) is 30.0 Å². The van der Waals surface area contributed by atoms with E-state index in [1.165, 1.54) is 4.90 Å². The minimum absolute atomic E-state index is 0.204. The number of hydrogen-bond donors (Lipinski definition) is 0. The Morgan fingerprint density at radius 2 is 1.57 bits per heavy atom. The average Bonchev–Trinajstić information content (AvgIpc) is 3.39. The Bertz CT molecular complexity index is 1030. The molecule has 0 bridgehead atoms. The van der Waals surface area contributed by atoms with Crippen molar-refractivity contribution in [1.29, 1.82) is 0 Å². The van der Waals surface area contributed by atoms with Gasteiger partial charge in [-0.2, -0.15) is 5.06 Å². The minimum atomic E-state index is -0.773. The van der Waals surface area contributed by atoms with Crippen molar-refractivity contribution in [2.75, 3.05) is 11.9 Å². The number of carbonyl (C=O) groups excluding carboxylic acids is 2. The number of nitrogens with zero attached hydrogens (tertiary/aromatic N) is 2. The number of benzene rings is 2. The van der Waals surface area contributed by atoms with E-state index < -0.39 is 12.0 Å². The van der Waals surface area contributed by atoms with Crippen LogP contribution in [-0.2, 0) is 14.4 Å². The van der Waals surface area contributed by atoms with Crippen molar-refractivity contribution >= 4 is 28.8 Å². The number of para-hydroxylation sites is 1. The SMILES string of the molecule is CN1O[C@@H]2C(=O)N(c3ccccc3)C(=O)[C@@H]2[C@H]1c1cc(-c2ccccc2)cs1. The van der Waals surface area contributed by atoms with Gasteiger partial charge in [-0.3, -0.25) is 14.4 Å². The molecule has 140 valence electrons. The van der Waals surface area contributed by atoms with Crippen LogP contribution < -0.4 is 4.90 Å². The van der Waals surface area contributed by atoms with Gasteiger partial charge in [0.2, 0.25) is 5.91 Å². The smallest absolute Gasteiger partial charge is 0.265 e. The van der Waals surface area contributed by atoms with E-state index >= 15 is 0 Å². The Kier molecular flexibility index (Phi) is 4.12. The lowest BCUT2D eigenvalue weighted by molar-refractivity contribution is -0.160. The van der Waals surface area contributed by atoms with Gasteiger partial charge in [0, 0.05) is 11.9 Å². The third kappa shape index (κ3) is 2.61. The molecule has 6 heteroatoms. The topological polar surface area (TPSA) is 49.9 Å². The molecular weight excluding hydrogens is 372 g/mol. The molecule has 0 unspecified atom stereocenters. The van der Waals surface area contributed by atoms with Gasteiger partial charge in [0.1, 0.15) is 0 Å². The van der Waals surface area contributed by atoms with Gasteiger partial charge < -0.3 is 0 Å². The second-order valence-electron chi connectivity index (χ2n) is 6.99. The zero-order chi connectivity index (χ0) is 19.3. The highest BCUT2D eigenvalue weighted by Crippen LogP contribution is 2.47. The summed E-state index contributed by atoms with van der Waals surface area (Å²) in [7, 11) is 1.79. The molecular formula is C22H18N2O3S. The van der Waals surface area contributed by atoms with E-state index in [0.717, 1.165) is 16.0 Å². The van der Waals surface area contributed by atoms with Crippen molar-refractivity contribution in [1.82, 2.24) is 5.06 Å². The van der Waals surface area contributed by atoms with Crippen LogP contribution in [0.3, 0.4) is 0 Å². The zero-order valence-electron chi connectivity index (χ0n) is 15.2. The number of fused-ring (bicyclic) bond motifs is 1. The molecule has 0 saturated carbocycles. The first-order valence-corrected chi connectivity index (χ1v) is 9.99. The molecule has 1 aromatic heterocycles. The highest BCUT2D eigenvalue weighted by Gasteiger charge is 2.59. The van der Waals surface area contributed by atoms with E-state index in [-0.39, 0.29) is 17.9 Å². The summed E-state index contributed by atoms with van der Waals surface area (Å²) in [5.41, 5.74) is 2.82.